The molecule has 0 aliphatic carbocycles. The summed E-state index contributed by atoms with van der Waals surface area (Å²) in [4.78, 5) is 25.2. The molecule has 1 aliphatic rings. The molecule has 0 saturated carbocycles. The monoisotopic (exact) mass is 456 g/mol. The van der Waals surface area contributed by atoms with Gasteiger partial charge in [0, 0.05) is 30.4 Å². The van der Waals surface area contributed by atoms with Crippen molar-refractivity contribution in [2.75, 3.05) is 11.9 Å². The van der Waals surface area contributed by atoms with E-state index in [2.05, 4.69) is 20.8 Å². The summed E-state index contributed by atoms with van der Waals surface area (Å²) in [6.45, 7) is 1.55. The number of aryl methyl sites for hydroxylation is 1. The van der Waals surface area contributed by atoms with Crippen LogP contribution in [0.5, 0.6) is 0 Å². The van der Waals surface area contributed by atoms with Crippen molar-refractivity contribution in [2.45, 2.75) is 31.4 Å². The molecule has 6 N–H and O–H groups in total. The standard InChI is InChI=1S/C19H20ClF3N6O2/c1-9-4-10(20)8-26-15(9)16(30)27-11-2-3-14(21)13(5-11)19(17(22)23)6-12(7-24)29-31-18(25)28-19/h2-5,8,12,17,29H,6-7,24H2,1H3,(H2,25,28)(H,27,30)/t12-,19-/m0/s1. The second-order valence-electron chi connectivity index (χ2n) is 7.00. The van der Waals surface area contributed by atoms with Crippen molar-refractivity contribution < 1.29 is 22.8 Å². The lowest BCUT2D eigenvalue weighted by molar-refractivity contribution is 0.0381. The van der Waals surface area contributed by atoms with Gasteiger partial charge in [-0.15, -0.1) is 5.48 Å². The van der Waals surface area contributed by atoms with Crippen molar-refractivity contribution in [1.82, 2.24) is 10.5 Å². The molecule has 1 aliphatic heterocycles. The molecular weight excluding hydrogens is 437 g/mol. The maximum Gasteiger partial charge on any atom is 0.303 e. The molecule has 0 unspecified atom stereocenters. The number of nitrogens with zero attached hydrogens (tertiary/aromatic N) is 2. The first-order valence-corrected chi connectivity index (χ1v) is 9.53. The number of rotatable bonds is 5. The van der Waals surface area contributed by atoms with E-state index in [0.29, 0.717) is 10.6 Å². The Morgan fingerprint density at radius 1 is 1.45 bits per heavy atom. The number of alkyl halides is 2. The number of hydroxylamine groups is 1. The van der Waals surface area contributed by atoms with Gasteiger partial charge in [-0.25, -0.2) is 23.1 Å². The summed E-state index contributed by atoms with van der Waals surface area (Å²) in [6.07, 6.45) is -2.24. The molecular formula is C19H20ClF3N6O2. The van der Waals surface area contributed by atoms with Crippen molar-refractivity contribution in [2.24, 2.45) is 16.5 Å². The smallest absolute Gasteiger partial charge is 0.303 e. The first-order chi connectivity index (χ1) is 14.7. The van der Waals surface area contributed by atoms with E-state index in [4.69, 9.17) is 27.9 Å². The highest BCUT2D eigenvalue weighted by molar-refractivity contribution is 6.30. The van der Waals surface area contributed by atoms with Gasteiger partial charge >= 0.3 is 6.02 Å². The fraction of sp³-hybridized carbons (Fsp3) is 0.316. The molecule has 8 nitrogen and oxygen atoms in total. The first kappa shape index (κ1) is 22.8. The van der Waals surface area contributed by atoms with Crippen molar-refractivity contribution >= 4 is 29.2 Å². The van der Waals surface area contributed by atoms with Crippen molar-refractivity contribution in [1.29, 1.82) is 0 Å². The summed E-state index contributed by atoms with van der Waals surface area (Å²) >= 11 is 5.85. The largest absolute Gasteiger partial charge is 0.371 e. The van der Waals surface area contributed by atoms with Gasteiger partial charge in [0.05, 0.1) is 11.1 Å². The highest BCUT2D eigenvalue weighted by Gasteiger charge is 2.47. The molecule has 31 heavy (non-hydrogen) atoms. The third-order valence-electron chi connectivity index (χ3n) is 4.79. The number of hydrogen-bond donors (Lipinski definition) is 4. The zero-order chi connectivity index (χ0) is 22.8. The number of benzene rings is 1. The Kier molecular flexibility index (Phi) is 6.68. The molecule has 0 saturated heterocycles. The van der Waals surface area contributed by atoms with E-state index in [1.807, 2.05) is 0 Å². The molecule has 166 valence electrons. The van der Waals surface area contributed by atoms with Crippen molar-refractivity contribution in [3.05, 3.63) is 58.1 Å². The Labute approximate surface area is 180 Å². The number of hydrogen-bond acceptors (Lipinski definition) is 7. The van der Waals surface area contributed by atoms with Crippen LogP contribution in [0.3, 0.4) is 0 Å². The van der Waals surface area contributed by atoms with Crippen LogP contribution in [0.25, 0.3) is 0 Å². The number of nitrogens with two attached hydrogens (primary N) is 2. The molecule has 1 amide bonds. The van der Waals surface area contributed by atoms with E-state index in [-0.39, 0.29) is 17.9 Å². The van der Waals surface area contributed by atoms with Gasteiger partial charge in [0.15, 0.2) is 5.54 Å². The lowest BCUT2D eigenvalue weighted by Gasteiger charge is -2.31. The Morgan fingerprint density at radius 3 is 2.84 bits per heavy atom. The third-order valence-corrected chi connectivity index (χ3v) is 5.00. The van der Waals surface area contributed by atoms with E-state index in [0.717, 1.165) is 12.1 Å². The molecule has 0 bridgehead atoms. The summed E-state index contributed by atoms with van der Waals surface area (Å²) in [5.41, 5.74) is 11.4. The van der Waals surface area contributed by atoms with Gasteiger partial charge in [-0.05, 0) is 36.8 Å². The average molecular weight is 457 g/mol. The molecule has 0 fully saturated rings. The number of carbonyl (C=O) groups excluding carboxylic acids is 1. The number of amides is 1. The van der Waals surface area contributed by atoms with Gasteiger partial charge in [-0.3, -0.25) is 4.79 Å². The quantitative estimate of drug-likeness (QED) is 0.547. The number of nitrogens with one attached hydrogen (secondary N) is 2. The summed E-state index contributed by atoms with van der Waals surface area (Å²) in [7, 11) is 0. The van der Waals surface area contributed by atoms with E-state index in [1.54, 1.807) is 13.0 Å². The molecule has 2 atom stereocenters. The van der Waals surface area contributed by atoms with Crippen LogP contribution in [-0.2, 0) is 10.4 Å². The maximum atomic E-state index is 14.7. The fourth-order valence-electron chi connectivity index (χ4n) is 3.29. The van der Waals surface area contributed by atoms with Crippen LogP contribution in [0, 0.1) is 12.7 Å². The number of aliphatic imine (C=N–C) groups is 1. The lowest BCUT2D eigenvalue weighted by Crippen LogP contribution is -2.43. The number of amidine groups is 1. The summed E-state index contributed by atoms with van der Waals surface area (Å²) in [6, 6.07) is 3.46. The predicted molar refractivity (Wildman–Crippen MR) is 109 cm³/mol. The first-order valence-electron chi connectivity index (χ1n) is 9.15. The molecule has 2 aromatic rings. The van der Waals surface area contributed by atoms with Crippen LogP contribution in [0.2, 0.25) is 5.02 Å². The Hall–Kier alpha value is -2.89. The van der Waals surface area contributed by atoms with Gasteiger partial charge in [0.1, 0.15) is 11.5 Å². The fourth-order valence-corrected chi connectivity index (χ4v) is 3.50. The topological polar surface area (TPSA) is 128 Å². The molecule has 3 rings (SSSR count). The number of carbonyl (C=O) groups is 1. The third kappa shape index (κ3) is 4.73. The van der Waals surface area contributed by atoms with Gasteiger partial charge in [0.2, 0.25) is 0 Å². The lowest BCUT2D eigenvalue weighted by atomic mass is 9.84. The van der Waals surface area contributed by atoms with E-state index in [1.165, 1.54) is 12.3 Å². The van der Waals surface area contributed by atoms with Gasteiger partial charge < -0.3 is 21.6 Å². The van der Waals surface area contributed by atoms with Crippen LogP contribution in [0.15, 0.2) is 35.5 Å². The molecule has 1 aromatic carbocycles. The van der Waals surface area contributed by atoms with Crippen LogP contribution in [0.1, 0.15) is 28.0 Å². The zero-order valence-electron chi connectivity index (χ0n) is 16.3. The number of anilines is 1. The molecule has 0 spiro atoms. The number of halogens is 4. The Morgan fingerprint density at radius 2 is 2.19 bits per heavy atom. The minimum Gasteiger partial charge on any atom is -0.371 e. The normalized spacial score (nSPS) is 21.3. The van der Waals surface area contributed by atoms with E-state index >= 15 is 0 Å². The molecule has 0 radical (unpaired) electrons. The second kappa shape index (κ2) is 9.08. The number of pyridine rings is 1. The van der Waals surface area contributed by atoms with Crippen LogP contribution >= 0.6 is 11.6 Å². The maximum absolute atomic E-state index is 14.7. The molecule has 1 aromatic heterocycles. The minimum atomic E-state index is -3.15. The Bertz CT molecular complexity index is 1020. The van der Waals surface area contributed by atoms with Gasteiger partial charge in [-0.1, -0.05) is 11.6 Å². The van der Waals surface area contributed by atoms with Gasteiger partial charge in [0.25, 0.3) is 12.3 Å². The van der Waals surface area contributed by atoms with E-state index < -0.39 is 47.7 Å². The Balaban J connectivity index is 2.02. The minimum absolute atomic E-state index is 0.0637. The predicted octanol–water partition coefficient (Wildman–Crippen LogP) is 2.46. The van der Waals surface area contributed by atoms with Crippen LogP contribution < -0.4 is 22.3 Å². The second-order valence-corrected chi connectivity index (χ2v) is 7.44. The zero-order valence-corrected chi connectivity index (χ0v) is 17.1. The van der Waals surface area contributed by atoms with Crippen LogP contribution in [0.4, 0.5) is 18.9 Å². The summed E-state index contributed by atoms with van der Waals surface area (Å²) in [5, 5.41) is 2.88. The molecule has 12 heteroatoms. The summed E-state index contributed by atoms with van der Waals surface area (Å²) in [5.74, 6) is -1.57. The highest BCUT2D eigenvalue weighted by atomic mass is 35.5. The van der Waals surface area contributed by atoms with Crippen molar-refractivity contribution in [3.8, 4) is 0 Å². The van der Waals surface area contributed by atoms with Crippen molar-refractivity contribution in [3.63, 3.8) is 0 Å². The summed E-state index contributed by atoms with van der Waals surface area (Å²) < 4.78 is 43.3. The van der Waals surface area contributed by atoms with Crippen LogP contribution in [-0.4, -0.2) is 35.9 Å². The van der Waals surface area contributed by atoms with E-state index in [9.17, 15) is 18.0 Å². The molecule has 2 heterocycles. The average Bonchev–Trinajstić information content (AvgIpc) is 2.88. The highest BCUT2D eigenvalue weighted by Crippen LogP contribution is 2.40. The SMILES string of the molecule is Cc1cc(Cl)cnc1C(=O)Nc1ccc(F)c([C@]2(C(F)F)C[C@@H](CN)NOC(N)=N2)c1. The number of aromatic nitrogens is 1. The van der Waals surface area contributed by atoms with Gasteiger partial charge in [-0.2, -0.15) is 0 Å².